The molecule has 0 bridgehead atoms. The van der Waals surface area contributed by atoms with Crippen molar-refractivity contribution < 1.29 is 19.1 Å². The predicted octanol–water partition coefficient (Wildman–Crippen LogP) is 2.95. The molecular formula is C12H17O4. The molecule has 0 saturated heterocycles. The van der Waals surface area contributed by atoms with E-state index >= 15 is 0 Å². The zero-order valence-corrected chi connectivity index (χ0v) is 9.53. The van der Waals surface area contributed by atoms with Gasteiger partial charge in [0, 0.05) is 0 Å². The number of hydrogen-bond donors (Lipinski definition) is 0. The van der Waals surface area contributed by atoms with E-state index in [-0.39, 0.29) is 11.5 Å². The number of unbranched alkanes of at least 4 members (excludes halogenated alkanes) is 3. The van der Waals surface area contributed by atoms with E-state index in [1.54, 1.807) is 0 Å². The Morgan fingerprint density at radius 3 is 2.75 bits per heavy atom. The number of furan rings is 1. The minimum Gasteiger partial charge on any atom is -0.460 e. The van der Waals surface area contributed by atoms with E-state index in [0.29, 0.717) is 6.61 Å². The van der Waals surface area contributed by atoms with Gasteiger partial charge in [0.05, 0.1) is 6.61 Å². The minimum absolute atomic E-state index is 0.112. The lowest BCUT2D eigenvalue weighted by atomic mass is 10.2. The smallest absolute Gasteiger partial charge is 0.374 e. The molecule has 0 N–H and O–H groups in total. The molecule has 0 atom stereocenters. The fourth-order valence-electron chi connectivity index (χ4n) is 1.33. The number of hydrogen-bond acceptors (Lipinski definition) is 3. The fraction of sp³-hybridized carbons (Fsp3) is 0.583. The number of rotatable bonds is 7. The molecule has 89 valence electrons. The van der Waals surface area contributed by atoms with Crippen molar-refractivity contribution in [2.45, 2.75) is 39.2 Å². The maximum absolute atomic E-state index is 11.4. The second kappa shape index (κ2) is 7.06. The Morgan fingerprint density at radius 1 is 1.31 bits per heavy atom. The predicted molar refractivity (Wildman–Crippen MR) is 57.5 cm³/mol. The molecule has 0 amide bonds. The normalized spacial score (nSPS) is 10.4. The Bertz CT molecular complexity index is 317. The van der Waals surface area contributed by atoms with E-state index in [9.17, 15) is 9.90 Å². The van der Waals surface area contributed by atoms with Gasteiger partial charge in [-0.05, 0) is 18.6 Å². The third-order valence-electron chi connectivity index (χ3n) is 2.24. The highest BCUT2D eigenvalue weighted by Gasteiger charge is 2.11. The van der Waals surface area contributed by atoms with Crippen LogP contribution in [0.1, 0.15) is 48.9 Å². The Hall–Kier alpha value is -1.29. The lowest BCUT2D eigenvalue weighted by Gasteiger charge is -2.01. The van der Waals surface area contributed by atoms with Crippen molar-refractivity contribution in [1.29, 1.82) is 0 Å². The van der Waals surface area contributed by atoms with Gasteiger partial charge in [-0.15, -0.1) is 0 Å². The first-order valence-corrected chi connectivity index (χ1v) is 5.62. The zero-order chi connectivity index (χ0) is 11.8. The molecule has 0 spiro atoms. The molecule has 0 saturated carbocycles. The highest BCUT2D eigenvalue weighted by Crippen LogP contribution is 2.09. The molecule has 1 heterocycles. The largest absolute Gasteiger partial charge is 0.460 e. The molecule has 0 fully saturated rings. The average molecular weight is 225 g/mol. The number of ether oxygens (including phenoxy) is 1. The second-order valence-electron chi connectivity index (χ2n) is 3.61. The van der Waals surface area contributed by atoms with Crippen LogP contribution in [0, 0.1) is 0 Å². The van der Waals surface area contributed by atoms with Crippen LogP contribution in [0.3, 0.4) is 0 Å². The first-order chi connectivity index (χ1) is 7.77. The van der Waals surface area contributed by atoms with Crippen molar-refractivity contribution in [2.24, 2.45) is 0 Å². The maximum atomic E-state index is 11.4. The minimum atomic E-state index is -0.490. The Morgan fingerprint density at radius 2 is 2.12 bits per heavy atom. The number of carbonyl (C=O) groups is 1. The van der Waals surface area contributed by atoms with Crippen LogP contribution in [0.25, 0.3) is 0 Å². The number of carbonyl (C=O) groups excluding carboxylic acids is 1. The van der Waals surface area contributed by atoms with Gasteiger partial charge in [0.25, 0.3) is 0 Å². The van der Waals surface area contributed by atoms with Gasteiger partial charge in [-0.2, -0.15) is 0 Å². The summed E-state index contributed by atoms with van der Waals surface area (Å²) in [5, 5.41) is 10.5. The van der Waals surface area contributed by atoms with E-state index in [4.69, 9.17) is 9.15 Å². The molecule has 1 rings (SSSR count). The summed E-state index contributed by atoms with van der Waals surface area (Å²) in [5.41, 5.74) is 0. The van der Waals surface area contributed by atoms with Crippen LogP contribution in [0.15, 0.2) is 16.5 Å². The van der Waals surface area contributed by atoms with Gasteiger partial charge in [0.1, 0.15) is 12.4 Å². The molecule has 1 aromatic heterocycles. The number of esters is 1. The Labute approximate surface area is 95.2 Å². The second-order valence-corrected chi connectivity index (χ2v) is 3.61. The topological polar surface area (TPSA) is 59.3 Å². The molecule has 4 nitrogen and oxygen atoms in total. The molecule has 0 aliphatic carbocycles. The van der Waals surface area contributed by atoms with Crippen molar-refractivity contribution in [3.63, 3.8) is 0 Å². The van der Waals surface area contributed by atoms with Crippen LogP contribution in [0.2, 0.25) is 0 Å². The summed E-state index contributed by atoms with van der Waals surface area (Å²) in [6.45, 7) is 2.08. The fourth-order valence-corrected chi connectivity index (χ4v) is 1.33. The summed E-state index contributed by atoms with van der Waals surface area (Å²) >= 11 is 0. The van der Waals surface area contributed by atoms with Crippen molar-refractivity contribution in [1.82, 2.24) is 0 Å². The van der Waals surface area contributed by atoms with Crippen LogP contribution in [-0.4, -0.2) is 12.6 Å². The van der Waals surface area contributed by atoms with Crippen molar-refractivity contribution in [3.8, 4) is 0 Å². The van der Waals surface area contributed by atoms with E-state index in [1.165, 1.54) is 12.1 Å². The van der Waals surface area contributed by atoms with Crippen molar-refractivity contribution >= 4 is 5.97 Å². The van der Waals surface area contributed by atoms with E-state index in [0.717, 1.165) is 25.7 Å². The summed E-state index contributed by atoms with van der Waals surface area (Å²) in [5.74, 6) is -0.115. The monoisotopic (exact) mass is 225 g/mol. The van der Waals surface area contributed by atoms with Gasteiger partial charge < -0.3 is 9.15 Å². The standard InChI is InChI=1S/C12H17O4/c1-2-3-4-5-8-15-12(14)11-7-6-10(9-13)16-11/h6-7H,2-5,8-9H2,1H3. The van der Waals surface area contributed by atoms with Gasteiger partial charge in [-0.1, -0.05) is 26.2 Å². The van der Waals surface area contributed by atoms with Crippen LogP contribution >= 0.6 is 0 Å². The molecule has 16 heavy (non-hydrogen) atoms. The third kappa shape index (κ3) is 4.06. The van der Waals surface area contributed by atoms with Gasteiger partial charge in [-0.25, -0.2) is 9.90 Å². The molecule has 4 heteroatoms. The summed E-state index contributed by atoms with van der Waals surface area (Å²) in [6, 6.07) is 2.97. The lowest BCUT2D eigenvalue weighted by molar-refractivity contribution is 0.0454. The highest BCUT2D eigenvalue weighted by atomic mass is 16.5. The van der Waals surface area contributed by atoms with Crippen LogP contribution in [0.4, 0.5) is 0 Å². The Balaban J connectivity index is 2.24. The summed E-state index contributed by atoms with van der Waals surface area (Å²) < 4.78 is 9.98. The summed E-state index contributed by atoms with van der Waals surface area (Å²) in [6.07, 6.45) is 4.24. The van der Waals surface area contributed by atoms with Crippen LogP contribution in [0.5, 0.6) is 0 Å². The first-order valence-electron chi connectivity index (χ1n) is 5.62. The molecule has 0 aliphatic rings. The molecule has 0 aromatic carbocycles. The summed E-state index contributed by atoms with van der Waals surface area (Å²) in [7, 11) is 0. The third-order valence-corrected chi connectivity index (χ3v) is 2.24. The molecule has 1 radical (unpaired) electrons. The highest BCUT2D eigenvalue weighted by molar-refractivity contribution is 5.86. The van der Waals surface area contributed by atoms with Crippen LogP contribution < -0.4 is 0 Å². The van der Waals surface area contributed by atoms with E-state index < -0.39 is 12.6 Å². The molecule has 1 aromatic rings. The average Bonchev–Trinajstić information content (AvgIpc) is 2.77. The van der Waals surface area contributed by atoms with Gasteiger partial charge in [0.2, 0.25) is 5.76 Å². The lowest BCUT2D eigenvalue weighted by Crippen LogP contribution is -2.05. The van der Waals surface area contributed by atoms with Gasteiger partial charge in [-0.3, -0.25) is 0 Å². The molecule has 0 aliphatic heterocycles. The first kappa shape index (κ1) is 12.8. The van der Waals surface area contributed by atoms with Crippen molar-refractivity contribution in [2.75, 3.05) is 6.61 Å². The maximum Gasteiger partial charge on any atom is 0.374 e. The van der Waals surface area contributed by atoms with E-state index in [2.05, 4.69) is 6.92 Å². The Kier molecular flexibility index (Phi) is 5.64. The molecular weight excluding hydrogens is 208 g/mol. The summed E-state index contributed by atoms with van der Waals surface area (Å²) in [4.78, 5) is 11.4. The van der Waals surface area contributed by atoms with Crippen LogP contribution in [-0.2, 0) is 16.5 Å². The van der Waals surface area contributed by atoms with E-state index in [1.807, 2.05) is 0 Å². The SMILES string of the molecule is CCCCCCOC(=O)c1ccc(C[O])o1. The quantitative estimate of drug-likeness (QED) is 0.529. The van der Waals surface area contributed by atoms with Crippen molar-refractivity contribution in [3.05, 3.63) is 23.7 Å². The molecule has 0 unspecified atom stereocenters. The van der Waals surface area contributed by atoms with Gasteiger partial charge in [0.15, 0.2) is 0 Å². The van der Waals surface area contributed by atoms with Gasteiger partial charge >= 0.3 is 5.97 Å². The zero-order valence-electron chi connectivity index (χ0n) is 9.53.